The molecule has 0 aliphatic carbocycles. The third kappa shape index (κ3) is 5.64. The molecule has 20 heavy (non-hydrogen) atoms. The van der Waals surface area contributed by atoms with Gasteiger partial charge in [-0.15, -0.1) is 0 Å². The highest BCUT2D eigenvalue weighted by molar-refractivity contribution is 5.57. The van der Waals surface area contributed by atoms with Gasteiger partial charge in [0.05, 0.1) is 6.61 Å². The first-order valence-corrected chi connectivity index (χ1v) is 6.73. The summed E-state index contributed by atoms with van der Waals surface area (Å²) in [4.78, 5) is 8.65. The van der Waals surface area contributed by atoms with Gasteiger partial charge >= 0.3 is 0 Å². The van der Waals surface area contributed by atoms with Gasteiger partial charge in [0.15, 0.2) is 0 Å². The van der Waals surface area contributed by atoms with Gasteiger partial charge in [0, 0.05) is 18.7 Å². The molecule has 7 heteroatoms. The molecule has 0 aromatic carbocycles. The van der Waals surface area contributed by atoms with Crippen LogP contribution in [0.25, 0.3) is 0 Å². The first-order valence-electron chi connectivity index (χ1n) is 6.73. The molecular weight excluding hydrogens is 266 g/mol. The molecule has 0 radical (unpaired) electrons. The van der Waals surface area contributed by atoms with Crippen LogP contribution in [0.4, 0.5) is 20.4 Å². The van der Waals surface area contributed by atoms with Gasteiger partial charge in [-0.3, -0.25) is 0 Å². The second kappa shape index (κ2) is 8.63. The van der Waals surface area contributed by atoms with Gasteiger partial charge in [0.1, 0.15) is 24.1 Å². The van der Waals surface area contributed by atoms with Crippen LogP contribution in [0.5, 0.6) is 0 Å². The minimum atomic E-state index is -2.43. The number of ether oxygens (including phenoxy) is 1. The van der Waals surface area contributed by atoms with Crippen molar-refractivity contribution in [3.8, 4) is 0 Å². The average Bonchev–Trinajstić information content (AvgIpc) is 2.39. The van der Waals surface area contributed by atoms with Crippen molar-refractivity contribution in [3.05, 3.63) is 11.4 Å². The fourth-order valence-corrected chi connectivity index (χ4v) is 1.63. The number of rotatable bonds is 9. The van der Waals surface area contributed by atoms with Crippen LogP contribution in [0.15, 0.2) is 0 Å². The van der Waals surface area contributed by atoms with Crippen molar-refractivity contribution in [3.63, 3.8) is 0 Å². The monoisotopic (exact) mass is 288 g/mol. The molecule has 0 saturated carbocycles. The molecule has 0 fully saturated rings. The van der Waals surface area contributed by atoms with E-state index in [0.717, 1.165) is 24.3 Å². The first kappa shape index (κ1) is 16.6. The minimum absolute atomic E-state index is 0.213. The number of nitrogens with one attached hydrogen (secondary N) is 2. The second-order valence-electron chi connectivity index (χ2n) is 4.41. The Hall–Kier alpha value is -1.50. The van der Waals surface area contributed by atoms with Crippen LogP contribution in [-0.2, 0) is 4.74 Å². The van der Waals surface area contributed by atoms with Gasteiger partial charge in [0.25, 0.3) is 6.43 Å². The van der Waals surface area contributed by atoms with Crippen molar-refractivity contribution in [1.29, 1.82) is 0 Å². The molecule has 0 spiro atoms. The molecule has 0 bridgehead atoms. The van der Waals surface area contributed by atoms with E-state index in [4.69, 9.17) is 4.74 Å². The van der Waals surface area contributed by atoms with Crippen molar-refractivity contribution in [1.82, 2.24) is 9.97 Å². The SMILES string of the molecule is CCCNc1nc(C)nc(NCCOCC(F)F)c1C. The third-order valence-corrected chi connectivity index (χ3v) is 2.58. The summed E-state index contributed by atoms with van der Waals surface area (Å²) in [7, 11) is 0. The van der Waals surface area contributed by atoms with Gasteiger partial charge in [-0.05, 0) is 20.3 Å². The van der Waals surface area contributed by atoms with Crippen molar-refractivity contribution >= 4 is 11.6 Å². The average molecular weight is 288 g/mol. The number of alkyl halides is 2. The van der Waals surface area contributed by atoms with E-state index in [1.54, 1.807) is 0 Å². The van der Waals surface area contributed by atoms with E-state index in [0.29, 0.717) is 18.2 Å². The molecule has 2 N–H and O–H groups in total. The van der Waals surface area contributed by atoms with Gasteiger partial charge in [-0.25, -0.2) is 18.7 Å². The lowest BCUT2D eigenvalue weighted by atomic mass is 10.3. The summed E-state index contributed by atoms with van der Waals surface area (Å²) in [6.07, 6.45) is -1.42. The minimum Gasteiger partial charge on any atom is -0.374 e. The summed E-state index contributed by atoms with van der Waals surface area (Å²) in [5, 5.41) is 6.32. The standard InChI is InChI=1S/C13H22F2N4O/c1-4-5-16-12-9(2)13(19-10(3)18-12)17-6-7-20-8-11(14)15/h11H,4-8H2,1-3H3,(H2,16,17,18,19). The number of halogens is 2. The van der Waals surface area contributed by atoms with Crippen molar-refractivity contribution < 1.29 is 13.5 Å². The van der Waals surface area contributed by atoms with E-state index in [2.05, 4.69) is 27.5 Å². The molecular formula is C13H22F2N4O. The normalized spacial score (nSPS) is 10.9. The van der Waals surface area contributed by atoms with Crippen LogP contribution >= 0.6 is 0 Å². The molecule has 1 aromatic rings. The van der Waals surface area contributed by atoms with Crippen molar-refractivity contribution in [2.45, 2.75) is 33.6 Å². The molecule has 114 valence electrons. The summed E-state index contributed by atoms with van der Waals surface area (Å²) in [5.41, 5.74) is 0.915. The van der Waals surface area contributed by atoms with E-state index in [-0.39, 0.29) is 6.61 Å². The van der Waals surface area contributed by atoms with Gasteiger partial charge in [-0.1, -0.05) is 6.92 Å². The summed E-state index contributed by atoms with van der Waals surface area (Å²) in [6, 6.07) is 0. The van der Waals surface area contributed by atoms with Crippen LogP contribution < -0.4 is 10.6 Å². The molecule has 1 rings (SSSR count). The fourth-order valence-electron chi connectivity index (χ4n) is 1.63. The molecule has 5 nitrogen and oxygen atoms in total. The van der Waals surface area contributed by atoms with E-state index in [1.165, 1.54) is 0 Å². The van der Waals surface area contributed by atoms with Gasteiger partial charge in [0.2, 0.25) is 0 Å². The highest BCUT2D eigenvalue weighted by Gasteiger charge is 2.08. The highest BCUT2D eigenvalue weighted by atomic mass is 19.3. The van der Waals surface area contributed by atoms with Crippen LogP contribution in [0.3, 0.4) is 0 Å². The van der Waals surface area contributed by atoms with Gasteiger partial charge < -0.3 is 15.4 Å². The zero-order valence-electron chi connectivity index (χ0n) is 12.2. The molecule has 0 aliphatic rings. The Kier molecular flexibility index (Phi) is 7.14. The van der Waals surface area contributed by atoms with Crippen LogP contribution in [0, 0.1) is 13.8 Å². The highest BCUT2D eigenvalue weighted by Crippen LogP contribution is 2.19. The Morgan fingerprint density at radius 2 is 1.70 bits per heavy atom. The lowest BCUT2D eigenvalue weighted by molar-refractivity contribution is 0.0214. The molecule has 0 unspecified atom stereocenters. The molecule has 1 aromatic heterocycles. The van der Waals surface area contributed by atoms with E-state index < -0.39 is 13.0 Å². The van der Waals surface area contributed by atoms with Crippen LogP contribution in [0.1, 0.15) is 24.7 Å². The van der Waals surface area contributed by atoms with Crippen LogP contribution in [-0.4, -0.2) is 42.7 Å². The summed E-state index contributed by atoms with van der Waals surface area (Å²) < 4.78 is 28.6. The topological polar surface area (TPSA) is 59.1 Å². The van der Waals surface area contributed by atoms with Crippen molar-refractivity contribution in [2.75, 3.05) is 36.9 Å². The Morgan fingerprint density at radius 1 is 1.10 bits per heavy atom. The van der Waals surface area contributed by atoms with Crippen LogP contribution in [0.2, 0.25) is 0 Å². The Bertz CT molecular complexity index is 416. The molecule has 0 aliphatic heterocycles. The summed E-state index contributed by atoms with van der Waals surface area (Å²) in [5.74, 6) is 2.16. The predicted octanol–water partition coefficient (Wildman–Crippen LogP) is 2.61. The number of hydrogen-bond acceptors (Lipinski definition) is 5. The Morgan fingerprint density at radius 3 is 2.25 bits per heavy atom. The number of nitrogens with zero attached hydrogens (tertiary/aromatic N) is 2. The summed E-state index contributed by atoms with van der Waals surface area (Å²) >= 11 is 0. The maximum Gasteiger partial charge on any atom is 0.261 e. The lowest BCUT2D eigenvalue weighted by Crippen LogP contribution is -2.16. The van der Waals surface area contributed by atoms with Crippen molar-refractivity contribution in [2.24, 2.45) is 0 Å². The van der Waals surface area contributed by atoms with E-state index in [9.17, 15) is 8.78 Å². The number of aryl methyl sites for hydroxylation is 1. The number of aromatic nitrogens is 2. The van der Waals surface area contributed by atoms with E-state index in [1.807, 2.05) is 13.8 Å². The second-order valence-corrected chi connectivity index (χ2v) is 4.41. The molecule has 0 amide bonds. The molecule has 0 saturated heterocycles. The molecule has 1 heterocycles. The molecule has 0 atom stereocenters. The first-order chi connectivity index (χ1) is 9.54. The Balaban J connectivity index is 2.54. The lowest BCUT2D eigenvalue weighted by Gasteiger charge is -2.14. The fraction of sp³-hybridized carbons (Fsp3) is 0.692. The maximum atomic E-state index is 11.9. The smallest absolute Gasteiger partial charge is 0.261 e. The zero-order chi connectivity index (χ0) is 15.0. The predicted molar refractivity (Wildman–Crippen MR) is 75.6 cm³/mol. The summed E-state index contributed by atoms with van der Waals surface area (Å²) in [6.45, 7) is 6.76. The van der Waals surface area contributed by atoms with E-state index >= 15 is 0 Å². The number of hydrogen-bond donors (Lipinski definition) is 2. The van der Waals surface area contributed by atoms with Gasteiger partial charge in [-0.2, -0.15) is 0 Å². The number of anilines is 2. The Labute approximate surface area is 118 Å². The third-order valence-electron chi connectivity index (χ3n) is 2.58. The largest absolute Gasteiger partial charge is 0.374 e. The zero-order valence-corrected chi connectivity index (χ0v) is 12.2. The maximum absolute atomic E-state index is 11.9. The quantitative estimate of drug-likeness (QED) is 0.684.